The quantitative estimate of drug-likeness (QED) is 0.904. The zero-order chi connectivity index (χ0) is 15.0. The molecule has 1 aromatic carbocycles. The number of amides is 2. The molecule has 1 saturated carbocycles. The minimum absolute atomic E-state index is 0.0245. The molecule has 1 aliphatic heterocycles. The van der Waals surface area contributed by atoms with E-state index in [-0.39, 0.29) is 11.8 Å². The van der Waals surface area contributed by atoms with Crippen LogP contribution in [0.15, 0.2) is 30.3 Å². The first-order chi connectivity index (χ1) is 10.0. The molecule has 1 N–H and O–H groups in total. The van der Waals surface area contributed by atoms with Gasteiger partial charge in [0.05, 0.1) is 0 Å². The molecule has 2 amide bonds. The number of benzene rings is 1. The molecule has 0 bridgehead atoms. The van der Waals surface area contributed by atoms with E-state index in [9.17, 15) is 9.59 Å². The Hall–Kier alpha value is -1.84. The van der Waals surface area contributed by atoms with Crippen molar-refractivity contribution in [1.29, 1.82) is 0 Å². The van der Waals surface area contributed by atoms with Crippen molar-refractivity contribution in [2.45, 2.75) is 44.7 Å². The van der Waals surface area contributed by atoms with Gasteiger partial charge in [-0.1, -0.05) is 37.3 Å². The summed E-state index contributed by atoms with van der Waals surface area (Å²) >= 11 is 0. The lowest BCUT2D eigenvalue weighted by Crippen LogP contribution is -2.56. The van der Waals surface area contributed by atoms with Gasteiger partial charge < -0.3 is 10.2 Å². The SMILES string of the molecule is CC1CC(N2CCC(=O)NC(C)(c3ccccc3)C2=O)C1. The van der Waals surface area contributed by atoms with Gasteiger partial charge in [0.25, 0.3) is 5.91 Å². The Morgan fingerprint density at radius 2 is 1.86 bits per heavy atom. The first-order valence-electron chi connectivity index (χ1n) is 7.68. The zero-order valence-electron chi connectivity index (χ0n) is 12.6. The van der Waals surface area contributed by atoms with Gasteiger partial charge in [-0.2, -0.15) is 0 Å². The molecule has 1 heterocycles. The van der Waals surface area contributed by atoms with E-state index in [0.717, 1.165) is 18.4 Å². The molecule has 4 heteroatoms. The average molecular weight is 286 g/mol. The predicted octanol–water partition coefficient (Wildman–Crippen LogP) is 2.05. The van der Waals surface area contributed by atoms with Crippen LogP contribution in [0.2, 0.25) is 0 Å². The molecule has 1 atom stereocenters. The molecule has 1 aliphatic carbocycles. The fraction of sp³-hybridized carbons (Fsp3) is 0.529. The number of nitrogens with zero attached hydrogens (tertiary/aromatic N) is 1. The van der Waals surface area contributed by atoms with Crippen LogP contribution in [0, 0.1) is 5.92 Å². The second kappa shape index (κ2) is 5.17. The molecular weight excluding hydrogens is 264 g/mol. The van der Waals surface area contributed by atoms with E-state index in [2.05, 4.69) is 12.2 Å². The van der Waals surface area contributed by atoms with Gasteiger partial charge in [0.15, 0.2) is 0 Å². The van der Waals surface area contributed by atoms with Crippen LogP contribution in [0.3, 0.4) is 0 Å². The second-order valence-corrected chi connectivity index (χ2v) is 6.52. The first-order valence-corrected chi connectivity index (χ1v) is 7.68. The van der Waals surface area contributed by atoms with Gasteiger partial charge in [0.1, 0.15) is 5.54 Å². The van der Waals surface area contributed by atoms with Crippen LogP contribution >= 0.6 is 0 Å². The van der Waals surface area contributed by atoms with Gasteiger partial charge in [0, 0.05) is 19.0 Å². The number of carbonyl (C=O) groups excluding carboxylic acids is 2. The Balaban J connectivity index is 1.94. The second-order valence-electron chi connectivity index (χ2n) is 6.52. The predicted molar refractivity (Wildman–Crippen MR) is 80.5 cm³/mol. The van der Waals surface area contributed by atoms with E-state index >= 15 is 0 Å². The standard InChI is InChI=1S/C17H22N2O2/c1-12-10-14(11-12)19-9-8-15(20)18-17(2,16(19)21)13-6-4-3-5-7-13/h3-7,12,14H,8-11H2,1-2H3,(H,18,20). The van der Waals surface area contributed by atoms with Crippen LogP contribution in [-0.2, 0) is 15.1 Å². The third-order valence-electron chi connectivity index (χ3n) is 4.80. The molecule has 2 aliphatic rings. The van der Waals surface area contributed by atoms with Crippen molar-refractivity contribution < 1.29 is 9.59 Å². The third-order valence-corrected chi connectivity index (χ3v) is 4.80. The molecule has 0 aromatic heterocycles. The van der Waals surface area contributed by atoms with Crippen LogP contribution < -0.4 is 5.32 Å². The Morgan fingerprint density at radius 3 is 2.48 bits per heavy atom. The Bertz CT molecular complexity index is 551. The van der Waals surface area contributed by atoms with Crippen LogP contribution in [0.4, 0.5) is 0 Å². The highest BCUT2D eigenvalue weighted by Crippen LogP contribution is 2.35. The molecule has 0 spiro atoms. The summed E-state index contributed by atoms with van der Waals surface area (Å²) in [6.45, 7) is 4.56. The van der Waals surface area contributed by atoms with Crippen molar-refractivity contribution in [3.8, 4) is 0 Å². The molecular formula is C17H22N2O2. The Labute approximate surface area is 125 Å². The van der Waals surface area contributed by atoms with Crippen LogP contribution in [0.25, 0.3) is 0 Å². The van der Waals surface area contributed by atoms with Gasteiger partial charge in [-0.05, 0) is 31.2 Å². The van der Waals surface area contributed by atoms with Crippen molar-refractivity contribution in [3.05, 3.63) is 35.9 Å². The van der Waals surface area contributed by atoms with E-state index in [1.807, 2.05) is 42.2 Å². The highest BCUT2D eigenvalue weighted by Gasteiger charge is 2.45. The van der Waals surface area contributed by atoms with Crippen LogP contribution in [0.5, 0.6) is 0 Å². The van der Waals surface area contributed by atoms with Crippen LogP contribution in [0.1, 0.15) is 38.7 Å². The van der Waals surface area contributed by atoms with Gasteiger partial charge in [0.2, 0.25) is 5.91 Å². The van der Waals surface area contributed by atoms with Gasteiger partial charge >= 0.3 is 0 Å². The van der Waals surface area contributed by atoms with E-state index in [1.54, 1.807) is 0 Å². The maximum absolute atomic E-state index is 13.1. The highest BCUT2D eigenvalue weighted by atomic mass is 16.2. The lowest BCUT2D eigenvalue weighted by atomic mass is 9.79. The summed E-state index contributed by atoms with van der Waals surface area (Å²) in [5.41, 5.74) is -0.101. The number of hydrogen-bond donors (Lipinski definition) is 1. The van der Waals surface area contributed by atoms with Crippen molar-refractivity contribution in [3.63, 3.8) is 0 Å². The topological polar surface area (TPSA) is 49.4 Å². The molecule has 21 heavy (non-hydrogen) atoms. The molecule has 1 aromatic rings. The minimum atomic E-state index is -0.951. The van der Waals surface area contributed by atoms with Crippen molar-refractivity contribution in [2.24, 2.45) is 5.92 Å². The first kappa shape index (κ1) is 14.1. The lowest BCUT2D eigenvalue weighted by molar-refractivity contribution is -0.143. The number of nitrogens with one attached hydrogen (secondary N) is 1. The summed E-state index contributed by atoms with van der Waals surface area (Å²) in [4.78, 5) is 27.1. The number of hydrogen-bond acceptors (Lipinski definition) is 2. The maximum Gasteiger partial charge on any atom is 0.252 e. The fourth-order valence-corrected chi connectivity index (χ4v) is 3.44. The zero-order valence-corrected chi connectivity index (χ0v) is 12.6. The Kier molecular flexibility index (Phi) is 3.47. The van der Waals surface area contributed by atoms with Gasteiger partial charge in [-0.15, -0.1) is 0 Å². The van der Waals surface area contributed by atoms with Gasteiger partial charge in [-0.3, -0.25) is 9.59 Å². The summed E-state index contributed by atoms with van der Waals surface area (Å²) in [6, 6.07) is 9.84. The molecule has 0 radical (unpaired) electrons. The summed E-state index contributed by atoms with van der Waals surface area (Å²) in [6.07, 6.45) is 2.48. The van der Waals surface area contributed by atoms with E-state index in [0.29, 0.717) is 24.9 Å². The van der Waals surface area contributed by atoms with Crippen molar-refractivity contribution >= 4 is 11.8 Å². The Morgan fingerprint density at radius 1 is 1.19 bits per heavy atom. The largest absolute Gasteiger partial charge is 0.338 e. The monoisotopic (exact) mass is 286 g/mol. The summed E-state index contributed by atoms with van der Waals surface area (Å²) in [5.74, 6) is 0.652. The normalized spacial score (nSPS) is 33.1. The third kappa shape index (κ3) is 2.43. The number of carbonyl (C=O) groups is 2. The molecule has 1 saturated heterocycles. The summed E-state index contributed by atoms with van der Waals surface area (Å²) in [5, 5.41) is 2.94. The maximum atomic E-state index is 13.1. The van der Waals surface area contributed by atoms with Gasteiger partial charge in [-0.25, -0.2) is 0 Å². The molecule has 3 rings (SSSR count). The lowest BCUT2D eigenvalue weighted by Gasteiger charge is -2.43. The summed E-state index contributed by atoms with van der Waals surface area (Å²) < 4.78 is 0. The van der Waals surface area contributed by atoms with E-state index < -0.39 is 5.54 Å². The van der Waals surface area contributed by atoms with E-state index in [1.165, 1.54) is 0 Å². The number of rotatable bonds is 2. The smallest absolute Gasteiger partial charge is 0.252 e. The minimum Gasteiger partial charge on any atom is -0.338 e. The highest BCUT2D eigenvalue weighted by molar-refractivity contribution is 5.94. The summed E-state index contributed by atoms with van der Waals surface area (Å²) in [7, 11) is 0. The molecule has 2 fully saturated rings. The molecule has 4 nitrogen and oxygen atoms in total. The molecule has 1 unspecified atom stereocenters. The van der Waals surface area contributed by atoms with E-state index in [4.69, 9.17) is 0 Å². The van der Waals surface area contributed by atoms with Crippen LogP contribution in [-0.4, -0.2) is 29.3 Å². The van der Waals surface area contributed by atoms with Crippen molar-refractivity contribution in [1.82, 2.24) is 10.2 Å². The van der Waals surface area contributed by atoms with Crippen molar-refractivity contribution in [2.75, 3.05) is 6.54 Å². The average Bonchev–Trinajstić information content (AvgIpc) is 2.56. The fourth-order valence-electron chi connectivity index (χ4n) is 3.44. The molecule has 112 valence electrons.